The Labute approximate surface area is 207 Å². The molecule has 10 atom stereocenters. The van der Waals surface area contributed by atoms with Crippen molar-refractivity contribution in [2.45, 2.75) is 109 Å². The summed E-state index contributed by atoms with van der Waals surface area (Å²) in [4.78, 5) is 2.67. The molecular weight excluding hydrogens is 420 g/mol. The number of aliphatic hydroxyl groups excluding tert-OH is 1. The van der Waals surface area contributed by atoms with E-state index >= 15 is 0 Å². The van der Waals surface area contributed by atoms with E-state index in [-0.39, 0.29) is 11.7 Å². The highest BCUT2D eigenvalue weighted by Gasteiger charge is 2.59. The van der Waals surface area contributed by atoms with Crippen molar-refractivity contribution in [2.75, 3.05) is 19.6 Å². The van der Waals surface area contributed by atoms with E-state index in [1.165, 1.54) is 45.1 Å². The largest absolute Gasteiger partial charge is 0.393 e. The molecule has 2 saturated heterocycles. The zero-order chi connectivity index (χ0) is 23.8. The Morgan fingerprint density at radius 3 is 2.82 bits per heavy atom. The van der Waals surface area contributed by atoms with Gasteiger partial charge in [-0.25, -0.2) is 0 Å². The van der Waals surface area contributed by atoms with Crippen LogP contribution in [-0.4, -0.2) is 53.5 Å². The molecule has 0 aromatic carbocycles. The van der Waals surface area contributed by atoms with Gasteiger partial charge in [0.2, 0.25) is 0 Å². The van der Waals surface area contributed by atoms with E-state index in [4.69, 9.17) is 10.5 Å². The van der Waals surface area contributed by atoms with Gasteiger partial charge >= 0.3 is 0 Å². The van der Waals surface area contributed by atoms with Gasteiger partial charge in [-0.2, -0.15) is 0 Å². The van der Waals surface area contributed by atoms with Crippen LogP contribution in [-0.2, 0) is 4.74 Å². The van der Waals surface area contributed by atoms with Crippen molar-refractivity contribution in [1.29, 1.82) is 0 Å². The van der Waals surface area contributed by atoms with Crippen LogP contribution in [0.25, 0.3) is 0 Å². The monoisotopic (exact) mass is 468 g/mol. The number of piperidine rings is 1. The number of aliphatic hydroxyl groups is 1. The molecule has 4 nitrogen and oxygen atoms in total. The summed E-state index contributed by atoms with van der Waals surface area (Å²) in [6.07, 6.45) is 13.2. The van der Waals surface area contributed by atoms with Gasteiger partial charge in [0.05, 0.1) is 17.8 Å². The lowest BCUT2D eigenvalue weighted by molar-refractivity contribution is -0.0790. The summed E-state index contributed by atoms with van der Waals surface area (Å²) in [6.45, 7) is 12.8. The first-order valence-electron chi connectivity index (χ1n) is 14.4. The van der Waals surface area contributed by atoms with Crippen molar-refractivity contribution in [3.05, 3.63) is 22.8 Å². The maximum Gasteiger partial charge on any atom is 0.0765 e. The zero-order valence-electron chi connectivity index (χ0n) is 22.1. The summed E-state index contributed by atoms with van der Waals surface area (Å²) in [7, 11) is 0. The molecule has 2 heterocycles. The van der Waals surface area contributed by atoms with Gasteiger partial charge in [0, 0.05) is 31.6 Å². The second-order valence-corrected chi connectivity index (χ2v) is 13.5. The summed E-state index contributed by atoms with van der Waals surface area (Å²) in [6, 6.07) is 0.538. The lowest BCUT2D eigenvalue weighted by Gasteiger charge is -2.49. The maximum absolute atomic E-state index is 10.3. The molecule has 6 aliphatic rings. The molecular formula is C30H48N2O2. The maximum atomic E-state index is 10.3. The van der Waals surface area contributed by atoms with E-state index in [0.717, 1.165) is 50.1 Å². The molecule has 2 aliphatic heterocycles. The van der Waals surface area contributed by atoms with Crippen LogP contribution in [0.2, 0.25) is 0 Å². The molecule has 1 unspecified atom stereocenters. The SMILES string of the molecule is CC1=C2C[C@H]3C(CC=C4C[C@@H](O)CC[C@@]43C)[C@@H]2CC[C@@]2(C1)O[C@@H]1C[C@H](C)CN(CCN)[C@H]1[C@H]2C. The van der Waals surface area contributed by atoms with Crippen LogP contribution in [0.5, 0.6) is 0 Å². The predicted molar refractivity (Wildman–Crippen MR) is 137 cm³/mol. The minimum absolute atomic E-state index is 0.0116. The number of rotatable bonds is 2. The quantitative estimate of drug-likeness (QED) is 0.556. The molecule has 190 valence electrons. The molecule has 0 bridgehead atoms. The highest BCUT2D eigenvalue weighted by molar-refractivity contribution is 5.34. The molecule has 4 aliphatic carbocycles. The minimum Gasteiger partial charge on any atom is -0.393 e. The van der Waals surface area contributed by atoms with Crippen LogP contribution in [0.1, 0.15) is 85.5 Å². The highest BCUT2D eigenvalue weighted by atomic mass is 16.5. The molecule has 4 heteroatoms. The van der Waals surface area contributed by atoms with Crippen molar-refractivity contribution >= 4 is 0 Å². The van der Waals surface area contributed by atoms with Crippen LogP contribution < -0.4 is 5.73 Å². The number of likely N-dealkylation sites (tertiary alicyclic amines) is 1. The standard InChI is InChI=1S/C30H48N2O2/c1-18-13-27-28(32(17-18)12-11-31)20(3)30(34-27)10-8-23-24-6-5-21-14-22(33)7-9-29(21,4)26(24)15-25(23)19(2)16-30/h5,18,20,22-24,26-28,33H,6-17,31H2,1-4H3/t18-,20+,22-,23-,24?,26-,27+,28-,29-,30-/m0/s1. The predicted octanol–water partition coefficient (Wildman–Crippen LogP) is 5.06. The molecule has 0 aromatic heterocycles. The summed E-state index contributed by atoms with van der Waals surface area (Å²) in [5.41, 5.74) is 11.4. The number of fused-ring (bicyclic) bond motifs is 6. The molecule has 0 radical (unpaired) electrons. The molecule has 3 N–H and O–H groups in total. The summed E-state index contributed by atoms with van der Waals surface area (Å²) < 4.78 is 7.17. The van der Waals surface area contributed by atoms with Crippen LogP contribution in [0.4, 0.5) is 0 Å². The van der Waals surface area contributed by atoms with Crippen molar-refractivity contribution in [2.24, 2.45) is 40.7 Å². The fourth-order valence-corrected chi connectivity index (χ4v) is 10.0. The summed E-state index contributed by atoms with van der Waals surface area (Å²) in [5, 5.41) is 10.3. The Bertz CT molecular complexity index is 881. The van der Waals surface area contributed by atoms with Crippen LogP contribution in [0, 0.1) is 35.0 Å². The van der Waals surface area contributed by atoms with Crippen molar-refractivity contribution in [3.63, 3.8) is 0 Å². The van der Waals surface area contributed by atoms with Crippen LogP contribution >= 0.6 is 0 Å². The molecule has 0 aromatic rings. The van der Waals surface area contributed by atoms with E-state index in [0.29, 0.717) is 29.4 Å². The fraction of sp³-hybridized carbons (Fsp3) is 0.867. The second kappa shape index (κ2) is 8.43. The van der Waals surface area contributed by atoms with Gasteiger partial charge in [0.15, 0.2) is 0 Å². The average Bonchev–Trinajstić information content (AvgIpc) is 3.25. The van der Waals surface area contributed by atoms with Crippen molar-refractivity contribution in [1.82, 2.24) is 4.90 Å². The van der Waals surface area contributed by atoms with Gasteiger partial charge in [-0.3, -0.25) is 4.90 Å². The Morgan fingerprint density at radius 1 is 1.21 bits per heavy atom. The first-order chi connectivity index (χ1) is 16.3. The van der Waals surface area contributed by atoms with E-state index < -0.39 is 0 Å². The van der Waals surface area contributed by atoms with E-state index in [9.17, 15) is 5.11 Å². The minimum atomic E-state index is -0.116. The Balaban J connectivity index is 1.27. The van der Waals surface area contributed by atoms with E-state index in [1.54, 1.807) is 16.7 Å². The third-order valence-corrected chi connectivity index (χ3v) is 11.7. The molecule has 2 saturated carbocycles. The van der Waals surface area contributed by atoms with E-state index in [1.807, 2.05) is 0 Å². The smallest absolute Gasteiger partial charge is 0.0765 e. The number of nitrogens with zero attached hydrogens (tertiary/aromatic N) is 1. The first-order valence-corrected chi connectivity index (χ1v) is 14.4. The number of allylic oxidation sites excluding steroid dienone is 2. The number of nitrogens with two attached hydrogens (primary N) is 1. The van der Waals surface area contributed by atoms with Gasteiger partial charge in [0.1, 0.15) is 0 Å². The molecule has 4 fully saturated rings. The Morgan fingerprint density at radius 2 is 2.03 bits per heavy atom. The third-order valence-electron chi connectivity index (χ3n) is 11.7. The second-order valence-electron chi connectivity index (χ2n) is 13.5. The zero-order valence-corrected chi connectivity index (χ0v) is 22.1. The number of hydrogen-bond acceptors (Lipinski definition) is 4. The lowest BCUT2D eigenvalue weighted by Crippen LogP contribution is -2.53. The lowest BCUT2D eigenvalue weighted by atomic mass is 9.56. The molecule has 1 spiro atoms. The molecule has 34 heavy (non-hydrogen) atoms. The van der Waals surface area contributed by atoms with Crippen LogP contribution in [0.3, 0.4) is 0 Å². The van der Waals surface area contributed by atoms with Gasteiger partial charge in [0.25, 0.3) is 0 Å². The number of hydrogen-bond donors (Lipinski definition) is 2. The Hall–Kier alpha value is -0.680. The summed E-state index contributed by atoms with van der Waals surface area (Å²) in [5.74, 6) is 3.56. The third kappa shape index (κ3) is 3.45. The van der Waals surface area contributed by atoms with E-state index in [2.05, 4.69) is 38.7 Å². The summed E-state index contributed by atoms with van der Waals surface area (Å²) >= 11 is 0. The van der Waals surface area contributed by atoms with Gasteiger partial charge in [-0.05, 0) is 93.8 Å². The normalized spacial score (nSPS) is 50.9. The molecule has 6 rings (SSSR count). The fourth-order valence-electron chi connectivity index (χ4n) is 10.0. The van der Waals surface area contributed by atoms with Crippen molar-refractivity contribution in [3.8, 4) is 0 Å². The first kappa shape index (κ1) is 23.7. The van der Waals surface area contributed by atoms with Gasteiger partial charge in [-0.15, -0.1) is 0 Å². The van der Waals surface area contributed by atoms with Gasteiger partial charge < -0.3 is 15.6 Å². The average molecular weight is 469 g/mol. The number of ether oxygens (including phenoxy) is 1. The van der Waals surface area contributed by atoms with Crippen molar-refractivity contribution < 1.29 is 9.84 Å². The van der Waals surface area contributed by atoms with Crippen LogP contribution in [0.15, 0.2) is 22.8 Å². The molecule has 0 amide bonds. The Kier molecular flexibility index (Phi) is 5.88. The highest BCUT2D eigenvalue weighted by Crippen LogP contribution is 2.63. The topological polar surface area (TPSA) is 58.7 Å². The van der Waals surface area contributed by atoms with Gasteiger partial charge in [-0.1, -0.05) is 43.6 Å².